The van der Waals surface area contributed by atoms with Gasteiger partial charge in [0.1, 0.15) is 0 Å². The molecule has 5 nitrogen and oxygen atoms in total. The average Bonchev–Trinajstić information content (AvgIpc) is 2.55. The first kappa shape index (κ1) is 17.5. The number of thiol groups is 1. The monoisotopic (exact) mass is 333 g/mol. The molecule has 6 heteroatoms. The molecule has 2 N–H and O–H groups in total. The van der Waals surface area contributed by atoms with Gasteiger partial charge in [-0.2, -0.15) is 17.7 Å². The molecule has 1 atom stereocenters. The van der Waals surface area contributed by atoms with Crippen LogP contribution >= 0.6 is 12.6 Å². The summed E-state index contributed by atoms with van der Waals surface area (Å²) in [4.78, 5) is 23.6. The van der Waals surface area contributed by atoms with Crippen molar-refractivity contribution in [3.63, 3.8) is 0 Å². The Bertz CT molecular complexity index is 621. The lowest BCUT2D eigenvalue weighted by atomic mass is 9.94. The molecule has 124 valence electrons. The number of carbonyl (C=O) groups is 2. The molecule has 1 unspecified atom stereocenters. The van der Waals surface area contributed by atoms with E-state index in [-0.39, 0.29) is 17.7 Å². The number of hydrazone groups is 1. The molecule has 0 aromatic heterocycles. The highest BCUT2D eigenvalue weighted by atomic mass is 32.1. The van der Waals surface area contributed by atoms with E-state index in [1.807, 2.05) is 45.0 Å². The highest BCUT2D eigenvalue weighted by molar-refractivity contribution is 7.82. The topological polar surface area (TPSA) is 70.6 Å². The highest BCUT2D eigenvalue weighted by Crippen LogP contribution is 2.26. The van der Waals surface area contributed by atoms with E-state index in [1.165, 1.54) is 0 Å². The molecule has 0 aliphatic carbocycles. The smallest absolute Gasteiger partial charge is 0.240 e. The molecule has 1 aliphatic heterocycles. The molecule has 23 heavy (non-hydrogen) atoms. The molecule has 0 bridgehead atoms. The van der Waals surface area contributed by atoms with Crippen molar-refractivity contribution in [1.82, 2.24) is 5.43 Å². The summed E-state index contributed by atoms with van der Waals surface area (Å²) in [5.74, 6) is -0.0712. The summed E-state index contributed by atoms with van der Waals surface area (Å²) < 4.78 is -0.648. The predicted octanol–water partition coefficient (Wildman–Crippen LogP) is 2.97. The van der Waals surface area contributed by atoms with Gasteiger partial charge in [-0.3, -0.25) is 9.59 Å². The number of benzene rings is 1. The number of nitrogens with one attached hydrogen (secondary N) is 2. The lowest BCUT2D eigenvalue weighted by Crippen LogP contribution is -2.36. The van der Waals surface area contributed by atoms with Gasteiger partial charge < -0.3 is 5.32 Å². The third kappa shape index (κ3) is 3.93. The molecule has 1 aromatic rings. The largest absolute Gasteiger partial charge is 0.325 e. The second-order valence-electron chi connectivity index (χ2n) is 5.91. The zero-order valence-corrected chi connectivity index (χ0v) is 14.6. The van der Waals surface area contributed by atoms with Crippen molar-refractivity contribution in [2.75, 3.05) is 5.32 Å². The third-order valence-electron chi connectivity index (χ3n) is 4.29. The van der Waals surface area contributed by atoms with Gasteiger partial charge in [0, 0.05) is 18.0 Å². The Hall–Kier alpha value is -1.82. The van der Waals surface area contributed by atoms with Crippen LogP contribution in [0.15, 0.2) is 29.4 Å². The van der Waals surface area contributed by atoms with Crippen LogP contribution in [0.4, 0.5) is 5.69 Å². The van der Waals surface area contributed by atoms with E-state index >= 15 is 0 Å². The maximum Gasteiger partial charge on any atom is 0.240 e. The fraction of sp³-hybridized carbons (Fsp3) is 0.471. The maximum atomic E-state index is 12.3. The molecule has 2 rings (SSSR count). The highest BCUT2D eigenvalue weighted by Gasteiger charge is 2.30. The van der Waals surface area contributed by atoms with E-state index < -0.39 is 4.75 Å². The molecule has 0 radical (unpaired) electrons. The molecular formula is C17H23N3O2S. The molecule has 0 spiro atoms. The predicted molar refractivity (Wildman–Crippen MR) is 95.8 cm³/mol. The minimum absolute atomic E-state index is 0.0608. The lowest BCUT2D eigenvalue weighted by Gasteiger charge is -2.24. The number of hydrogen-bond donors (Lipinski definition) is 3. The molecular weight excluding hydrogens is 310 g/mol. The fourth-order valence-corrected chi connectivity index (χ4v) is 2.60. The van der Waals surface area contributed by atoms with Gasteiger partial charge >= 0.3 is 0 Å². The van der Waals surface area contributed by atoms with Crippen LogP contribution in [-0.2, 0) is 9.59 Å². The first-order valence-corrected chi connectivity index (χ1v) is 8.35. The van der Waals surface area contributed by atoms with E-state index in [0.717, 1.165) is 17.0 Å². The summed E-state index contributed by atoms with van der Waals surface area (Å²) in [6, 6.07) is 7.50. The van der Waals surface area contributed by atoms with Gasteiger partial charge in [0.15, 0.2) is 0 Å². The molecule has 1 aliphatic rings. The van der Waals surface area contributed by atoms with E-state index in [4.69, 9.17) is 0 Å². The zero-order chi connectivity index (χ0) is 17.0. The van der Waals surface area contributed by atoms with Crippen LogP contribution in [0.25, 0.3) is 0 Å². The average molecular weight is 333 g/mol. The second kappa shape index (κ2) is 7.17. The lowest BCUT2D eigenvalue weighted by molar-refractivity contribution is -0.122. The Morgan fingerprint density at radius 3 is 2.48 bits per heavy atom. The quantitative estimate of drug-likeness (QED) is 0.725. The molecule has 0 fully saturated rings. The van der Waals surface area contributed by atoms with Crippen molar-refractivity contribution in [2.24, 2.45) is 11.0 Å². The van der Waals surface area contributed by atoms with E-state index in [2.05, 4.69) is 28.5 Å². The van der Waals surface area contributed by atoms with Crippen molar-refractivity contribution >= 4 is 35.8 Å². The number of anilines is 1. The molecule has 0 saturated heterocycles. The maximum absolute atomic E-state index is 12.3. The van der Waals surface area contributed by atoms with Gasteiger partial charge in [0.05, 0.1) is 10.5 Å². The molecule has 0 saturated carbocycles. The third-order valence-corrected chi connectivity index (χ3v) is 5.13. The number of amides is 2. The van der Waals surface area contributed by atoms with Crippen LogP contribution in [0.2, 0.25) is 0 Å². The summed E-state index contributed by atoms with van der Waals surface area (Å²) in [5.41, 5.74) is 5.04. The van der Waals surface area contributed by atoms with Gasteiger partial charge in [-0.1, -0.05) is 32.9 Å². The number of carbonyl (C=O) groups excluding carboxylic acids is 2. The minimum atomic E-state index is -0.648. The Morgan fingerprint density at radius 2 is 1.96 bits per heavy atom. The van der Waals surface area contributed by atoms with Crippen molar-refractivity contribution in [1.29, 1.82) is 0 Å². The van der Waals surface area contributed by atoms with Gasteiger partial charge in [0.2, 0.25) is 11.8 Å². The van der Waals surface area contributed by atoms with Crippen LogP contribution < -0.4 is 10.7 Å². The number of hydrogen-bond acceptors (Lipinski definition) is 4. The van der Waals surface area contributed by atoms with Crippen LogP contribution in [0.5, 0.6) is 0 Å². The first-order chi connectivity index (χ1) is 10.9. The van der Waals surface area contributed by atoms with E-state index in [9.17, 15) is 9.59 Å². The van der Waals surface area contributed by atoms with Crippen molar-refractivity contribution in [3.05, 3.63) is 29.8 Å². The normalized spacial score (nSPS) is 18.2. The van der Waals surface area contributed by atoms with Gasteiger partial charge in [0.25, 0.3) is 0 Å². The molecule has 1 aromatic carbocycles. The number of rotatable bonds is 5. The van der Waals surface area contributed by atoms with E-state index in [1.54, 1.807) is 0 Å². The van der Waals surface area contributed by atoms with Crippen molar-refractivity contribution in [2.45, 2.75) is 44.8 Å². The van der Waals surface area contributed by atoms with Crippen LogP contribution in [0.3, 0.4) is 0 Å². The van der Waals surface area contributed by atoms with Crippen molar-refractivity contribution in [3.8, 4) is 0 Å². The molecule has 1 heterocycles. The van der Waals surface area contributed by atoms with Gasteiger partial charge in [-0.15, -0.1) is 0 Å². The SMILES string of the molecule is CCC(S)(CC)C(=O)Nc1ccc(C2=NNC(=O)CC2C)cc1. The number of nitrogens with zero attached hydrogens (tertiary/aromatic N) is 1. The zero-order valence-electron chi connectivity index (χ0n) is 13.7. The first-order valence-electron chi connectivity index (χ1n) is 7.90. The minimum Gasteiger partial charge on any atom is -0.325 e. The Morgan fingerprint density at radius 1 is 1.35 bits per heavy atom. The van der Waals surface area contributed by atoms with Gasteiger partial charge in [-0.05, 0) is 30.5 Å². The van der Waals surface area contributed by atoms with Crippen LogP contribution in [-0.4, -0.2) is 22.3 Å². The van der Waals surface area contributed by atoms with Crippen LogP contribution in [0, 0.1) is 5.92 Å². The molecule has 2 amide bonds. The summed E-state index contributed by atoms with van der Waals surface area (Å²) >= 11 is 4.50. The Kier molecular flexibility index (Phi) is 5.46. The summed E-state index contributed by atoms with van der Waals surface area (Å²) in [6.45, 7) is 5.89. The summed E-state index contributed by atoms with van der Waals surface area (Å²) in [7, 11) is 0. The second-order valence-corrected chi connectivity index (χ2v) is 6.76. The fourth-order valence-electron chi connectivity index (χ4n) is 2.55. The Balaban J connectivity index is 2.11. The summed E-state index contributed by atoms with van der Waals surface area (Å²) in [5, 5.41) is 7.04. The standard InChI is InChI=1S/C17H23N3O2S/c1-4-17(23,5-2)16(22)18-13-8-6-12(7-9-13)15-11(3)10-14(21)19-20-15/h6-9,11,23H,4-5,10H2,1-3H3,(H,18,22)(H,19,21). The summed E-state index contributed by atoms with van der Waals surface area (Å²) in [6.07, 6.45) is 1.78. The van der Waals surface area contributed by atoms with Crippen molar-refractivity contribution < 1.29 is 9.59 Å². The van der Waals surface area contributed by atoms with Crippen LogP contribution in [0.1, 0.15) is 45.6 Å². The van der Waals surface area contributed by atoms with E-state index in [0.29, 0.717) is 19.3 Å². The Labute approximate surface area is 142 Å². The van der Waals surface area contributed by atoms with Gasteiger partial charge in [-0.25, -0.2) is 5.43 Å².